The van der Waals surface area contributed by atoms with Crippen LogP contribution in [0.15, 0.2) is 29.4 Å². The topological polar surface area (TPSA) is 51.0 Å². The number of hydrogen-bond donors (Lipinski definition) is 0. The number of unbranched alkanes of at least 4 members (excludes halogenated alkanes) is 1. The van der Waals surface area contributed by atoms with E-state index in [1.807, 2.05) is 0 Å². The van der Waals surface area contributed by atoms with Crippen LogP contribution in [0.25, 0.3) is 0 Å². The standard InChI is InChI=1S/C19H27ClN4OS/c1-5-7-12-24-18(16(6-2)23(3)4)21-22-19(24)26-13-17(25)14-8-10-15(20)11-9-14/h8-11,16H,5-7,12-13H2,1-4H3. The molecular weight excluding hydrogens is 368 g/mol. The summed E-state index contributed by atoms with van der Waals surface area (Å²) in [5, 5.41) is 10.3. The van der Waals surface area contributed by atoms with E-state index < -0.39 is 0 Å². The minimum atomic E-state index is 0.0675. The molecule has 0 aliphatic carbocycles. The monoisotopic (exact) mass is 394 g/mol. The number of carbonyl (C=O) groups excluding carboxylic acids is 1. The molecule has 7 heteroatoms. The maximum atomic E-state index is 12.4. The quantitative estimate of drug-likeness (QED) is 0.431. The lowest BCUT2D eigenvalue weighted by atomic mass is 10.1. The van der Waals surface area contributed by atoms with Crippen molar-refractivity contribution in [1.29, 1.82) is 0 Å². The Kier molecular flexibility index (Phi) is 8.13. The van der Waals surface area contributed by atoms with Gasteiger partial charge in [-0.15, -0.1) is 10.2 Å². The normalized spacial score (nSPS) is 12.5. The van der Waals surface area contributed by atoms with Gasteiger partial charge in [-0.1, -0.05) is 43.6 Å². The third-order valence-electron chi connectivity index (χ3n) is 4.29. The highest BCUT2D eigenvalue weighted by molar-refractivity contribution is 7.99. The van der Waals surface area contributed by atoms with Gasteiger partial charge < -0.3 is 4.57 Å². The molecule has 1 atom stereocenters. The Bertz CT molecular complexity index is 715. The first-order valence-electron chi connectivity index (χ1n) is 8.99. The molecule has 2 rings (SSSR count). The molecule has 0 aliphatic rings. The maximum absolute atomic E-state index is 12.4. The van der Waals surface area contributed by atoms with Crippen molar-refractivity contribution in [2.75, 3.05) is 19.8 Å². The Morgan fingerprint density at radius 3 is 2.50 bits per heavy atom. The van der Waals surface area contributed by atoms with E-state index in [1.165, 1.54) is 11.8 Å². The number of hydrogen-bond acceptors (Lipinski definition) is 5. The van der Waals surface area contributed by atoms with Gasteiger partial charge in [-0.3, -0.25) is 9.69 Å². The van der Waals surface area contributed by atoms with E-state index in [2.05, 4.69) is 47.6 Å². The van der Waals surface area contributed by atoms with Crippen LogP contribution in [0.2, 0.25) is 5.02 Å². The minimum Gasteiger partial charge on any atom is -0.305 e. The number of rotatable bonds is 10. The third kappa shape index (κ3) is 5.32. The van der Waals surface area contributed by atoms with Crippen LogP contribution in [-0.2, 0) is 6.54 Å². The van der Waals surface area contributed by atoms with Crippen LogP contribution >= 0.6 is 23.4 Å². The van der Waals surface area contributed by atoms with Gasteiger partial charge in [-0.05, 0) is 51.2 Å². The molecule has 26 heavy (non-hydrogen) atoms. The maximum Gasteiger partial charge on any atom is 0.191 e. The third-order valence-corrected chi connectivity index (χ3v) is 5.51. The minimum absolute atomic E-state index is 0.0675. The molecule has 0 radical (unpaired) electrons. The van der Waals surface area contributed by atoms with E-state index in [9.17, 15) is 4.79 Å². The number of nitrogens with zero attached hydrogens (tertiary/aromatic N) is 4. The van der Waals surface area contributed by atoms with Crippen molar-refractivity contribution in [2.45, 2.75) is 50.9 Å². The largest absolute Gasteiger partial charge is 0.305 e. The first-order chi connectivity index (χ1) is 12.5. The molecule has 1 unspecified atom stereocenters. The Hall–Kier alpha value is -1.37. The van der Waals surface area contributed by atoms with Gasteiger partial charge in [0.25, 0.3) is 0 Å². The molecule has 1 aromatic carbocycles. The molecule has 1 heterocycles. The summed E-state index contributed by atoms with van der Waals surface area (Å²) < 4.78 is 2.18. The van der Waals surface area contributed by atoms with E-state index in [0.29, 0.717) is 16.3 Å². The molecule has 5 nitrogen and oxygen atoms in total. The summed E-state index contributed by atoms with van der Waals surface area (Å²) in [6.07, 6.45) is 3.13. The number of benzene rings is 1. The van der Waals surface area contributed by atoms with Crippen LogP contribution in [0.4, 0.5) is 0 Å². The molecule has 142 valence electrons. The SMILES string of the molecule is CCCCn1c(SCC(=O)c2ccc(Cl)cc2)nnc1C(CC)N(C)C. The predicted octanol–water partition coefficient (Wildman–Crippen LogP) is 4.72. The van der Waals surface area contributed by atoms with Crippen molar-refractivity contribution < 1.29 is 4.79 Å². The van der Waals surface area contributed by atoms with E-state index in [4.69, 9.17) is 11.6 Å². The summed E-state index contributed by atoms with van der Waals surface area (Å²) in [5.41, 5.74) is 0.668. The first kappa shape index (κ1) is 20.9. The molecule has 0 amide bonds. The Labute approximate surface area is 165 Å². The Balaban J connectivity index is 2.16. The van der Waals surface area contributed by atoms with Gasteiger partial charge in [0.15, 0.2) is 16.8 Å². The van der Waals surface area contributed by atoms with Gasteiger partial charge in [0.05, 0.1) is 11.8 Å². The summed E-state index contributed by atoms with van der Waals surface area (Å²) in [6, 6.07) is 7.23. The number of ketones is 1. The average Bonchev–Trinajstić information content (AvgIpc) is 3.01. The van der Waals surface area contributed by atoms with Crippen LogP contribution in [0.1, 0.15) is 55.3 Å². The zero-order valence-corrected chi connectivity index (χ0v) is 17.5. The van der Waals surface area contributed by atoms with Gasteiger partial charge in [-0.2, -0.15) is 0 Å². The lowest BCUT2D eigenvalue weighted by molar-refractivity contribution is 0.102. The van der Waals surface area contributed by atoms with E-state index in [-0.39, 0.29) is 11.8 Å². The molecular formula is C19H27ClN4OS. The van der Waals surface area contributed by atoms with Crippen molar-refractivity contribution >= 4 is 29.1 Å². The summed E-state index contributed by atoms with van der Waals surface area (Å²) in [5.74, 6) is 1.38. The summed E-state index contributed by atoms with van der Waals surface area (Å²) in [7, 11) is 4.12. The number of thioether (sulfide) groups is 1. The van der Waals surface area contributed by atoms with Crippen molar-refractivity contribution in [2.24, 2.45) is 0 Å². The fourth-order valence-corrected chi connectivity index (χ4v) is 3.80. The van der Waals surface area contributed by atoms with Crippen LogP contribution < -0.4 is 0 Å². The number of carbonyl (C=O) groups is 1. The summed E-state index contributed by atoms with van der Waals surface area (Å²) >= 11 is 7.34. The zero-order chi connectivity index (χ0) is 19.1. The fraction of sp³-hybridized carbons (Fsp3) is 0.526. The van der Waals surface area contributed by atoms with Crippen molar-refractivity contribution in [3.8, 4) is 0 Å². The Morgan fingerprint density at radius 2 is 1.92 bits per heavy atom. The molecule has 0 bridgehead atoms. The van der Waals surface area contributed by atoms with Crippen molar-refractivity contribution in [3.63, 3.8) is 0 Å². The van der Waals surface area contributed by atoms with E-state index in [0.717, 1.165) is 36.8 Å². The lowest BCUT2D eigenvalue weighted by Gasteiger charge is -2.23. The van der Waals surface area contributed by atoms with Gasteiger partial charge in [0.1, 0.15) is 0 Å². The van der Waals surface area contributed by atoms with Crippen molar-refractivity contribution in [1.82, 2.24) is 19.7 Å². The molecule has 0 aliphatic heterocycles. The smallest absolute Gasteiger partial charge is 0.191 e. The Morgan fingerprint density at radius 1 is 1.23 bits per heavy atom. The van der Waals surface area contributed by atoms with Crippen LogP contribution in [0.3, 0.4) is 0 Å². The number of Topliss-reactive ketones (excluding diaryl/α,β-unsaturated/α-hetero) is 1. The molecule has 1 aromatic heterocycles. The van der Waals surface area contributed by atoms with Gasteiger partial charge >= 0.3 is 0 Å². The van der Waals surface area contributed by atoms with Gasteiger partial charge in [-0.25, -0.2) is 0 Å². The molecule has 0 spiro atoms. The average molecular weight is 395 g/mol. The summed E-state index contributed by atoms with van der Waals surface area (Å²) in [6.45, 7) is 5.20. The van der Waals surface area contributed by atoms with Gasteiger partial charge in [0, 0.05) is 17.1 Å². The highest BCUT2D eigenvalue weighted by Crippen LogP contribution is 2.26. The predicted molar refractivity (Wildman–Crippen MR) is 108 cm³/mol. The van der Waals surface area contributed by atoms with E-state index >= 15 is 0 Å². The second kappa shape index (κ2) is 10.1. The van der Waals surface area contributed by atoms with Crippen LogP contribution in [-0.4, -0.2) is 45.3 Å². The summed E-state index contributed by atoms with van der Waals surface area (Å²) in [4.78, 5) is 14.6. The van der Waals surface area contributed by atoms with Crippen molar-refractivity contribution in [3.05, 3.63) is 40.7 Å². The molecule has 2 aromatic rings. The molecule has 0 saturated carbocycles. The second-order valence-corrected chi connectivity index (χ2v) is 7.83. The molecule has 0 fully saturated rings. The van der Waals surface area contributed by atoms with Crippen LogP contribution in [0.5, 0.6) is 0 Å². The number of aromatic nitrogens is 3. The second-order valence-electron chi connectivity index (χ2n) is 6.45. The van der Waals surface area contributed by atoms with Gasteiger partial charge in [0.2, 0.25) is 0 Å². The molecule has 0 N–H and O–H groups in total. The lowest BCUT2D eigenvalue weighted by Crippen LogP contribution is -2.23. The van der Waals surface area contributed by atoms with E-state index in [1.54, 1.807) is 24.3 Å². The highest BCUT2D eigenvalue weighted by Gasteiger charge is 2.22. The first-order valence-corrected chi connectivity index (χ1v) is 10.3. The highest BCUT2D eigenvalue weighted by atomic mass is 35.5. The molecule has 0 saturated heterocycles. The zero-order valence-electron chi connectivity index (χ0n) is 15.9. The fourth-order valence-electron chi connectivity index (χ4n) is 2.81. The number of halogens is 1. The van der Waals surface area contributed by atoms with Crippen LogP contribution in [0, 0.1) is 0 Å².